The Morgan fingerprint density at radius 3 is 2.50 bits per heavy atom. The maximum atomic E-state index is 12.8. The van der Waals surface area contributed by atoms with Gasteiger partial charge in [-0.15, -0.1) is 0 Å². The van der Waals surface area contributed by atoms with Crippen LogP contribution in [0.5, 0.6) is 0 Å². The van der Waals surface area contributed by atoms with Gasteiger partial charge in [-0.3, -0.25) is 9.59 Å². The van der Waals surface area contributed by atoms with Gasteiger partial charge in [0.15, 0.2) is 0 Å². The van der Waals surface area contributed by atoms with E-state index >= 15 is 0 Å². The molecule has 0 radical (unpaired) electrons. The Morgan fingerprint density at radius 2 is 1.77 bits per heavy atom. The van der Waals surface area contributed by atoms with Crippen LogP contribution in [0.1, 0.15) is 28.6 Å². The number of furan rings is 1. The summed E-state index contributed by atoms with van der Waals surface area (Å²) in [6.07, 6.45) is 3.03. The zero-order valence-electron chi connectivity index (χ0n) is 14.9. The van der Waals surface area contributed by atoms with Gasteiger partial charge < -0.3 is 15.1 Å². The van der Waals surface area contributed by atoms with Crippen LogP contribution in [0.4, 0.5) is 11.4 Å². The van der Waals surface area contributed by atoms with Crippen molar-refractivity contribution >= 4 is 34.2 Å². The molecular weight excluding hydrogens is 328 g/mol. The van der Waals surface area contributed by atoms with Crippen LogP contribution < -0.4 is 10.6 Å². The van der Waals surface area contributed by atoms with Crippen LogP contribution in [0.15, 0.2) is 59.0 Å². The molecule has 132 valence electrons. The van der Waals surface area contributed by atoms with Gasteiger partial charge in [0.2, 0.25) is 11.7 Å². The number of fused-ring (bicyclic) bond motifs is 1. The van der Waals surface area contributed by atoms with Crippen molar-refractivity contribution in [3.05, 3.63) is 71.5 Å². The summed E-state index contributed by atoms with van der Waals surface area (Å²) in [5, 5.41) is 6.25. The molecule has 3 aromatic rings. The lowest BCUT2D eigenvalue weighted by molar-refractivity contribution is -0.111. The third-order valence-corrected chi connectivity index (χ3v) is 4.13. The fourth-order valence-electron chi connectivity index (χ4n) is 2.65. The average molecular weight is 348 g/mol. The average Bonchev–Trinajstić information content (AvgIpc) is 2.97. The number of carbonyl (C=O) groups excluding carboxylic acids is 2. The number of benzene rings is 2. The van der Waals surface area contributed by atoms with E-state index in [0.717, 1.165) is 11.1 Å². The van der Waals surface area contributed by atoms with Gasteiger partial charge in [-0.2, -0.15) is 0 Å². The molecule has 0 bridgehead atoms. The Labute approximate surface area is 151 Å². The summed E-state index contributed by atoms with van der Waals surface area (Å²) in [5.41, 5.74) is 3.79. The Bertz CT molecular complexity index is 1020. The van der Waals surface area contributed by atoms with E-state index in [9.17, 15) is 9.59 Å². The molecule has 0 unspecified atom stereocenters. The van der Waals surface area contributed by atoms with Gasteiger partial charge >= 0.3 is 0 Å². The summed E-state index contributed by atoms with van der Waals surface area (Å²) in [6.45, 7) is 5.74. The van der Waals surface area contributed by atoms with Crippen LogP contribution in [0.25, 0.3) is 11.0 Å². The maximum Gasteiger partial charge on any atom is 0.293 e. The lowest BCUT2D eigenvalue weighted by Crippen LogP contribution is -2.15. The number of carbonyl (C=O) groups is 2. The van der Waals surface area contributed by atoms with Crippen molar-refractivity contribution in [2.24, 2.45) is 0 Å². The number of hydrogen-bond acceptors (Lipinski definition) is 3. The van der Waals surface area contributed by atoms with Crippen molar-refractivity contribution in [2.45, 2.75) is 20.8 Å². The van der Waals surface area contributed by atoms with Crippen molar-refractivity contribution < 1.29 is 14.0 Å². The Kier molecular flexibility index (Phi) is 4.89. The molecule has 26 heavy (non-hydrogen) atoms. The molecule has 0 aliphatic rings. The van der Waals surface area contributed by atoms with E-state index < -0.39 is 5.91 Å². The number of aryl methyl sites for hydroxylation is 2. The number of hydrogen-bond donors (Lipinski definition) is 2. The molecule has 2 aromatic carbocycles. The van der Waals surface area contributed by atoms with E-state index in [2.05, 4.69) is 10.6 Å². The second kappa shape index (κ2) is 7.27. The first-order valence-electron chi connectivity index (χ1n) is 8.33. The van der Waals surface area contributed by atoms with Gasteiger partial charge in [-0.1, -0.05) is 24.3 Å². The third-order valence-electron chi connectivity index (χ3n) is 4.13. The molecule has 0 aliphatic heterocycles. The number of amides is 2. The van der Waals surface area contributed by atoms with Crippen molar-refractivity contribution in [2.75, 3.05) is 10.6 Å². The highest BCUT2D eigenvalue weighted by atomic mass is 16.3. The summed E-state index contributed by atoms with van der Waals surface area (Å²) in [4.78, 5) is 24.8. The minimum Gasteiger partial charge on any atom is -0.449 e. The molecule has 0 atom stereocenters. The van der Waals surface area contributed by atoms with Gasteiger partial charge in [0, 0.05) is 11.1 Å². The summed E-state index contributed by atoms with van der Waals surface area (Å²) in [6, 6.07) is 12.9. The van der Waals surface area contributed by atoms with Gasteiger partial charge in [0.25, 0.3) is 5.91 Å². The van der Waals surface area contributed by atoms with Crippen LogP contribution in [0.2, 0.25) is 0 Å². The van der Waals surface area contributed by atoms with Crippen LogP contribution >= 0.6 is 0 Å². The number of allylic oxidation sites excluding steroid dienone is 1. The molecule has 1 heterocycles. The minimum atomic E-state index is -0.416. The molecule has 0 saturated heterocycles. The highest BCUT2D eigenvalue weighted by Crippen LogP contribution is 2.31. The number of rotatable bonds is 4. The maximum absolute atomic E-state index is 12.8. The largest absolute Gasteiger partial charge is 0.449 e. The van der Waals surface area contributed by atoms with Gasteiger partial charge in [0.1, 0.15) is 11.3 Å². The molecular formula is C21H20N2O3. The molecule has 0 fully saturated rings. The first kappa shape index (κ1) is 17.5. The lowest BCUT2D eigenvalue weighted by atomic mass is 10.1. The molecule has 2 N–H and O–H groups in total. The number of para-hydroxylation sites is 1. The quantitative estimate of drug-likeness (QED) is 0.664. The SMILES string of the molecule is C/C=C/C(=O)Nc1c(C(=O)Nc2ccc(C)c(C)c2)oc2ccccc12. The predicted octanol–water partition coefficient (Wildman–Crippen LogP) is 4.82. The van der Waals surface area contributed by atoms with Crippen LogP contribution in [0, 0.1) is 13.8 Å². The molecule has 2 amide bonds. The lowest BCUT2D eigenvalue weighted by Gasteiger charge is -2.08. The second-order valence-corrected chi connectivity index (χ2v) is 6.04. The highest BCUT2D eigenvalue weighted by Gasteiger charge is 2.22. The first-order chi connectivity index (χ1) is 12.5. The molecule has 3 rings (SSSR count). The smallest absolute Gasteiger partial charge is 0.293 e. The first-order valence-corrected chi connectivity index (χ1v) is 8.33. The Hall–Kier alpha value is -3.34. The van der Waals surface area contributed by atoms with E-state index in [0.29, 0.717) is 22.3 Å². The van der Waals surface area contributed by atoms with E-state index in [4.69, 9.17) is 4.42 Å². The molecule has 5 nitrogen and oxygen atoms in total. The number of anilines is 2. The van der Waals surface area contributed by atoms with E-state index in [1.807, 2.05) is 44.2 Å². The van der Waals surface area contributed by atoms with Crippen molar-refractivity contribution in [3.63, 3.8) is 0 Å². The topological polar surface area (TPSA) is 71.3 Å². The zero-order valence-corrected chi connectivity index (χ0v) is 14.9. The molecule has 0 saturated carbocycles. The fourth-order valence-corrected chi connectivity index (χ4v) is 2.65. The highest BCUT2D eigenvalue weighted by molar-refractivity contribution is 6.15. The second-order valence-electron chi connectivity index (χ2n) is 6.04. The van der Waals surface area contributed by atoms with Crippen molar-refractivity contribution in [3.8, 4) is 0 Å². The fraction of sp³-hybridized carbons (Fsp3) is 0.143. The summed E-state index contributed by atoms with van der Waals surface area (Å²) in [7, 11) is 0. The molecule has 5 heteroatoms. The van der Waals surface area contributed by atoms with Gasteiger partial charge in [-0.05, 0) is 62.2 Å². The standard InChI is InChI=1S/C21H20N2O3/c1-4-7-18(24)23-19-16-8-5-6-9-17(16)26-20(19)21(25)22-15-11-10-13(2)14(3)12-15/h4-12H,1-3H3,(H,22,25)(H,23,24)/b7-4+. The monoisotopic (exact) mass is 348 g/mol. The molecule has 0 spiro atoms. The van der Waals surface area contributed by atoms with Crippen LogP contribution in [-0.2, 0) is 4.79 Å². The number of nitrogens with one attached hydrogen (secondary N) is 2. The predicted molar refractivity (Wildman–Crippen MR) is 104 cm³/mol. The van der Waals surface area contributed by atoms with E-state index in [-0.39, 0.29) is 11.7 Å². The summed E-state index contributed by atoms with van der Waals surface area (Å²) < 4.78 is 5.72. The van der Waals surface area contributed by atoms with E-state index in [1.54, 1.807) is 25.1 Å². The van der Waals surface area contributed by atoms with Crippen molar-refractivity contribution in [1.82, 2.24) is 0 Å². The molecule has 0 aliphatic carbocycles. The molecule has 1 aromatic heterocycles. The third kappa shape index (κ3) is 3.52. The minimum absolute atomic E-state index is 0.0716. The summed E-state index contributed by atoms with van der Waals surface area (Å²) >= 11 is 0. The van der Waals surface area contributed by atoms with Crippen molar-refractivity contribution in [1.29, 1.82) is 0 Å². The summed E-state index contributed by atoms with van der Waals surface area (Å²) in [5.74, 6) is -0.665. The van der Waals surface area contributed by atoms with Gasteiger partial charge in [-0.25, -0.2) is 0 Å². The van der Waals surface area contributed by atoms with E-state index in [1.165, 1.54) is 6.08 Å². The van der Waals surface area contributed by atoms with Gasteiger partial charge in [0.05, 0.1) is 0 Å². The Balaban J connectivity index is 1.98. The van der Waals surface area contributed by atoms with Crippen LogP contribution in [-0.4, -0.2) is 11.8 Å². The zero-order chi connectivity index (χ0) is 18.7. The normalized spacial score (nSPS) is 11.0. The Morgan fingerprint density at radius 1 is 1.00 bits per heavy atom. The van der Waals surface area contributed by atoms with Crippen LogP contribution in [0.3, 0.4) is 0 Å².